The predicted molar refractivity (Wildman–Crippen MR) is 109 cm³/mol. The third-order valence-corrected chi connectivity index (χ3v) is 7.46. The van der Waals surface area contributed by atoms with Crippen molar-refractivity contribution in [2.24, 2.45) is 0 Å². The summed E-state index contributed by atoms with van der Waals surface area (Å²) in [6, 6.07) is 2.89. The molecule has 0 bridgehead atoms. The average Bonchev–Trinajstić information content (AvgIpc) is 3.40. The number of halogens is 4. The molecule has 0 saturated heterocycles. The second-order valence-corrected chi connectivity index (χ2v) is 10.0. The number of benzene rings is 1. The van der Waals surface area contributed by atoms with Crippen LogP contribution in [0.4, 0.5) is 23.2 Å². The lowest BCUT2D eigenvalue weighted by Crippen LogP contribution is -2.49. The van der Waals surface area contributed by atoms with E-state index in [4.69, 9.17) is 4.74 Å². The number of H-pyrrole nitrogens is 1. The molecular formula is C20H24F4N4O3S. The zero-order chi connectivity index (χ0) is 22.9. The summed E-state index contributed by atoms with van der Waals surface area (Å²) in [6.45, 7) is -0.774. The molecule has 1 saturated carbocycles. The average molecular weight is 476 g/mol. The maximum Gasteiger partial charge on any atom is 0.511 e. The fourth-order valence-electron chi connectivity index (χ4n) is 4.27. The molecule has 0 spiro atoms. The van der Waals surface area contributed by atoms with Crippen molar-refractivity contribution in [3.05, 3.63) is 47.8 Å². The minimum atomic E-state index is -5.59. The lowest BCUT2D eigenvalue weighted by Gasteiger charge is -2.34. The van der Waals surface area contributed by atoms with Gasteiger partial charge in [-0.1, -0.05) is 18.9 Å². The minimum Gasteiger partial charge on any atom is -0.376 e. The van der Waals surface area contributed by atoms with E-state index >= 15 is 0 Å². The van der Waals surface area contributed by atoms with Gasteiger partial charge < -0.3 is 14.6 Å². The molecular weight excluding hydrogens is 452 g/mol. The summed E-state index contributed by atoms with van der Waals surface area (Å²) in [7, 11) is -5.59. The van der Waals surface area contributed by atoms with Gasteiger partial charge in [0.05, 0.1) is 37.3 Å². The van der Waals surface area contributed by atoms with Gasteiger partial charge in [-0.2, -0.15) is 17.5 Å². The fraction of sp³-hybridized carbons (Fsp3) is 0.550. The highest BCUT2D eigenvalue weighted by molar-refractivity contribution is 7.89. The van der Waals surface area contributed by atoms with Crippen LogP contribution in [0.1, 0.15) is 36.9 Å². The number of alkyl halides is 3. The highest BCUT2D eigenvalue weighted by atomic mass is 32.2. The van der Waals surface area contributed by atoms with Crippen LogP contribution in [0.15, 0.2) is 30.7 Å². The van der Waals surface area contributed by atoms with Crippen LogP contribution >= 0.6 is 0 Å². The van der Waals surface area contributed by atoms with Crippen LogP contribution in [0.3, 0.4) is 0 Å². The van der Waals surface area contributed by atoms with Crippen molar-refractivity contribution < 1.29 is 30.7 Å². The molecule has 176 valence electrons. The van der Waals surface area contributed by atoms with E-state index in [0.717, 1.165) is 31.7 Å². The van der Waals surface area contributed by atoms with Crippen LogP contribution in [0, 0.1) is 5.82 Å². The first kappa shape index (κ1) is 23.0. The van der Waals surface area contributed by atoms with Crippen LogP contribution in [0.2, 0.25) is 0 Å². The Kier molecular flexibility index (Phi) is 6.46. The van der Waals surface area contributed by atoms with E-state index in [1.54, 1.807) is 11.1 Å². The summed E-state index contributed by atoms with van der Waals surface area (Å²) in [6.07, 6.45) is 6.72. The lowest BCUT2D eigenvalue weighted by atomic mass is 10.1. The van der Waals surface area contributed by atoms with E-state index < -0.39 is 40.5 Å². The number of hydrogen-bond donors (Lipinski definition) is 1. The topological polar surface area (TPSA) is 78.5 Å². The van der Waals surface area contributed by atoms with Crippen molar-refractivity contribution in [2.45, 2.75) is 56.4 Å². The number of nitrogens with zero attached hydrogens (tertiary/aromatic N) is 3. The highest BCUT2D eigenvalue weighted by Gasteiger charge is 2.51. The molecule has 1 aliphatic heterocycles. The molecule has 12 heteroatoms. The Morgan fingerprint density at radius 2 is 1.97 bits per heavy atom. The summed E-state index contributed by atoms with van der Waals surface area (Å²) < 4.78 is 85.4. The normalized spacial score (nSPS) is 21.0. The number of aromatic nitrogens is 2. The van der Waals surface area contributed by atoms with Gasteiger partial charge >= 0.3 is 15.5 Å². The molecule has 2 heterocycles. The Hall–Kier alpha value is -2.18. The second-order valence-electron chi connectivity index (χ2n) is 8.11. The quantitative estimate of drug-likeness (QED) is 0.646. The van der Waals surface area contributed by atoms with E-state index in [0.29, 0.717) is 15.7 Å². The van der Waals surface area contributed by atoms with Crippen molar-refractivity contribution >= 4 is 15.7 Å². The molecule has 1 aliphatic carbocycles. The number of ether oxygens (including phenoxy) is 1. The van der Waals surface area contributed by atoms with Gasteiger partial charge in [0.25, 0.3) is 0 Å². The molecule has 0 amide bonds. The number of sulfonamides is 1. The lowest BCUT2D eigenvalue weighted by molar-refractivity contribution is -0.0495. The first-order valence-corrected chi connectivity index (χ1v) is 11.8. The van der Waals surface area contributed by atoms with Gasteiger partial charge in [-0.3, -0.25) is 0 Å². The fourth-order valence-corrected chi connectivity index (χ4v) is 5.24. The molecule has 2 aromatic rings. The standard InChI is InChI=1S/C20H24F4N4O3S/c21-15-6-5-14-9-27(32(29,30)20(22,23)24)11-17(12-31-18-3-1-2-4-18)28(19(14)7-15)10-16-8-25-13-26-16/h5-8,13,17-18H,1-4,9-12H2,(H,25,26). The van der Waals surface area contributed by atoms with Crippen molar-refractivity contribution in [3.63, 3.8) is 0 Å². The van der Waals surface area contributed by atoms with E-state index in [9.17, 15) is 26.0 Å². The Labute approximate surface area is 183 Å². The molecule has 1 fully saturated rings. The molecule has 1 aromatic heterocycles. The number of imidazole rings is 1. The SMILES string of the molecule is O=S(=O)(N1Cc2ccc(F)cc2N(Cc2cnc[nH]2)C(COC2CCCC2)C1)C(F)(F)F. The number of aromatic amines is 1. The van der Waals surface area contributed by atoms with Crippen LogP contribution in [-0.4, -0.2) is 53.5 Å². The number of anilines is 1. The van der Waals surface area contributed by atoms with Gasteiger partial charge in [-0.25, -0.2) is 17.8 Å². The summed E-state index contributed by atoms with van der Waals surface area (Å²) >= 11 is 0. The van der Waals surface area contributed by atoms with E-state index in [1.807, 2.05) is 0 Å². The largest absolute Gasteiger partial charge is 0.511 e. The summed E-state index contributed by atoms with van der Waals surface area (Å²) in [4.78, 5) is 8.60. The summed E-state index contributed by atoms with van der Waals surface area (Å²) in [5, 5.41) is 0. The zero-order valence-electron chi connectivity index (χ0n) is 17.2. The third-order valence-electron chi connectivity index (χ3n) is 5.91. The van der Waals surface area contributed by atoms with Crippen LogP contribution in [0.25, 0.3) is 0 Å². The Balaban J connectivity index is 1.73. The maximum absolute atomic E-state index is 14.2. The van der Waals surface area contributed by atoms with Gasteiger partial charge in [-0.05, 0) is 30.5 Å². The monoisotopic (exact) mass is 476 g/mol. The molecule has 0 radical (unpaired) electrons. The molecule has 1 aromatic carbocycles. The smallest absolute Gasteiger partial charge is 0.376 e. The van der Waals surface area contributed by atoms with E-state index in [1.165, 1.54) is 18.5 Å². The van der Waals surface area contributed by atoms with E-state index in [-0.39, 0.29) is 24.8 Å². The van der Waals surface area contributed by atoms with Gasteiger partial charge in [0.15, 0.2) is 0 Å². The number of rotatable bonds is 6. The molecule has 1 N–H and O–H groups in total. The van der Waals surface area contributed by atoms with Gasteiger partial charge in [0.1, 0.15) is 5.82 Å². The van der Waals surface area contributed by atoms with Gasteiger partial charge in [0.2, 0.25) is 0 Å². The second kappa shape index (κ2) is 8.99. The van der Waals surface area contributed by atoms with Crippen molar-refractivity contribution in [2.75, 3.05) is 18.1 Å². The molecule has 1 unspecified atom stereocenters. The van der Waals surface area contributed by atoms with Crippen molar-refractivity contribution in [3.8, 4) is 0 Å². The third kappa shape index (κ3) is 4.76. The number of hydrogen-bond acceptors (Lipinski definition) is 5. The molecule has 32 heavy (non-hydrogen) atoms. The zero-order valence-corrected chi connectivity index (χ0v) is 18.0. The summed E-state index contributed by atoms with van der Waals surface area (Å²) in [5.74, 6) is -0.569. The predicted octanol–water partition coefficient (Wildman–Crippen LogP) is 3.55. The van der Waals surface area contributed by atoms with Gasteiger partial charge in [0, 0.05) is 25.0 Å². The van der Waals surface area contributed by atoms with Crippen LogP contribution in [-0.2, 0) is 27.8 Å². The Morgan fingerprint density at radius 3 is 2.62 bits per heavy atom. The van der Waals surface area contributed by atoms with Crippen molar-refractivity contribution in [1.82, 2.24) is 14.3 Å². The Bertz CT molecular complexity index is 1020. The first-order valence-electron chi connectivity index (χ1n) is 10.4. The van der Waals surface area contributed by atoms with Crippen LogP contribution < -0.4 is 4.90 Å². The summed E-state index contributed by atoms with van der Waals surface area (Å²) in [5.41, 5.74) is -4.18. The molecule has 4 rings (SSSR count). The number of nitrogens with one attached hydrogen (secondary N) is 1. The van der Waals surface area contributed by atoms with E-state index in [2.05, 4.69) is 9.97 Å². The van der Waals surface area contributed by atoms with Crippen LogP contribution in [0.5, 0.6) is 0 Å². The Morgan fingerprint density at radius 1 is 1.22 bits per heavy atom. The molecule has 2 aliphatic rings. The maximum atomic E-state index is 14.2. The first-order chi connectivity index (χ1) is 15.1. The van der Waals surface area contributed by atoms with Gasteiger partial charge in [-0.15, -0.1) is 0 Å². The molecule has 7 nitrogen and oxygen atoms in total. The minimum absolute atomic E-state index is 0.0125. The number of fused-ring (bicyclic) bond motifs is 1. The highest BCUT2D eigenvalue weighted by Crippen LogP contribution is 2.35. The molecule has 1 atom stereocenters. The van der Waals surface area contributed by atoms with Crippen molar-refractivity contribution in [1.29, 1.82) is 0 Å².